The fraction of sp³-hybridized carbons (Fsp3) is 0.450. The topological polar surface area (TPSA) is 66.7 Å². The molecule has 7 heteroatoms. The standard InChI is InChI=1S/C20H23N3O3S/c1-14-2-7-17-18(13-27-19(17)12-14)20(24)22-10-8-21(9-11-22)15-3-5-16(6-4-15)23(25)26/h3-6,13-14H,2,7-12H2,1H3. The van der Waals surface area contributed by atoms with Crippen LogP contribution in [0.3, 0.4) is 0 Å². The van der Waals surface area contributed by atoms with Gasteiger partial charge in [0.2, 0.25) is 0 Å². The van der Waals surface area contributed by atoms with Crippen LogP contribution in [0.5, 0.6) is 0 Å². The Morgan fingerprint density at radius 2 is 1.89 bits per heavy atom. The van der Waals surface area contributed by atoms with E-state index in [0.717, 1.165) is 43.6 Å². The Hall–Kier alpha value is -2.41. The van der Waals surface area contributed by atoms with Gasteiger partial charge < -0.3 is 9.80 Å². The number of rotatable bonds is 3. The molecule has 2 aliphatic rings. The van der Waals surface area contributed by atoms with Crippen LogP contribution in [0.25, 0.3) is 0 Å². The molecule has 1 aromatic carbocycles. The molecule has 0 saturated carbocycles. The SMILES string of the molecule is CC1CCc2c(C(=O)N3CCN(c4ccc([N+](=O)[O-])cc4)CC3)csc2C1. The summed E-state index contributed by atoms with van der Waals surface area (Å²) < 4.78 is 0. The molecule has 1 aliphatic carbocycles. The fourth-order valence-electron chi connectivity index (χ4n) is 3.98. The van der Waals surface area contributed by atoms with Gasteiger partial charge in [-0.2, -0.15) is 0 Å². The highest BCUT2D eigenvalue weighted by Gasteiger charge is 2.28. The van der Waals surface area contributed by atoms with E-state index in [1.54, 1.807) is 23.5 Å². The minimum absolute atomic E-state index is 0.101. The molecule has 0 bridgehead atoms. The van der Waals surface area contributed by atoms with E-state index in [-0.39, 0.29) is 16.5 Å². The van der Waals surface area contributed by atoms with E-state index in [9.17, 15) is 14.9 Å². The molecule has 1 atom stereocenters. The van der Waals surface area contributed by atoms with Crippen molar-refractivity contribution in [2.75, 3.05) is 31.1 Å². The Labute approximate surface area is 162 Å². The van der Waals surface area contributed by atoms with Crippen molar-refractivity contribution in [3.63, 3.8) is 0 Å². The van der Waals surface area contributed by atoms with Crippen LogP contribution in [0.2, 0.25) is 0 Å². The van der Waals surface area contributed by atoms with Gasteiger partial charge in [0.25, 0.3) is 11.6 Å². The first kappa shape index (κ1) is 18.0. The lowest BCUT2D eigenvalue weighted by molar-refractivity contribution is -0.384. The Kier molecular flexibility index (Phi) is 4.86. The molecule has 1 aromatic heterocycles. The lowest BCUT2D eigenvalue weighted by Gasteiger charge is -2.36. The molecule has 1 amide bonds. The number of piperazine rings is 1. The van der Waals surface area contributed by atoms with Gasteiger partial charge in [0, 0.05) is 54.3 Å². The lowest BCUT2D eigenvalue weighted by Crippen LogP contribution is -2.48. The number of amides is 1. The maximum Gasteiger partial charge on any atom is 0.269 e. The number of nitro groups is 1. The first-order valence-electron chi connectivity index (χ1n) is 9.41. The van der Waals surface area contributed by atoms with E-state index in [1.165, 1.54) is 22.6 Å². The molecule has 1 fully saturated rings. The highest BCUT2D eigenvalue weighted by atomic mass is 32.1. The fourth-order valence-corrected chi connectivity index (χ4v) is 5.22. The Balaban J connectivity index is 1.40. The van der Waals surface area contributed by atoms with Gasteiger partial charge in [-0.3, -0.25) is 14.9 Å². The molecule has 2 heterocycles. The number of nitro benzene ring substituents is 1. The predicted molar refractivity (Wildman–Crippen MR) is 107 cm³/mol. The summed E-state index contributed by atoms with van der Waals surface area (Å²) in [6.45, 7) is 5.12. The van der Waals surface area contributed by atoms with E-state index >= 15 is 0 Å². The summed E-state index contributed by atoms with van der Waals surface area (Å²) in [7, 11) is 0. The summed E-state index contributed by atoms with van der Waals surface area (Å²) >= 11 is 1.74. The summed E-state index contributed by atoms with van der Waals surface area (Å²) in [5, 5.41) is 12.8. The van der Waals surface area contributed by atoms with Crippen molar-refractivity contribution in [1.29, 1.82) is 0 Å². The van der Waals surface area contributed by atoms with E-state index in [0.29, 0.717) is 19.0 Å². The summed E-state index contributed by atoms with van der Waals surface area (Å²) in [5.74, 6) is 0.870. The minimum atomic E-state index is -0.386. The Morgan fingerprint density at radius 1 is 1.19 bits per heavy atom. The van der Waals surface area contributed by atoms with Crippen LogP contribution < -0.4 is 4.90 Å². The molecule has 0 radical (unpaired) electrons. The highest BCUT2D eigenvalue weighted by molar-refractivity contribution is 7.10. The average Bonchev–Trinajstić information content (AvgIpc) is 3.10. The summed E-state index contributed by atoms with van der Waals surface area (Å²) in [6.07, 6.45) is 3.28. The first-order valence-corrected chi connectivity index (χ1v) is 10.3. The predicted octanol–water partition coefficient (Wildman–Crippen LogP) is 3.74. The number of fused-ring (bicyclic) bond motifs is 1. The molecule has 1 unspecified atom stereocenters. The second-order valence-electron chi connectivity index (χ2n) is 7.45. The van der Waals surface area contributed by atoms with E-state index in [2.05, 4.69) is 11.8 Å². The van der Waals surface area contributed by atoms with Crippen LogP contribution in [-0.4, -0.2) is 41.9 Å². The molecule has 27 heavy (non-hydrogen) atoms. The van der Waals surface area contributed by atoms with Gasteiger partial charge in [-0.05, 0) is 42.9 Å². The zero-order chi connectivity index (χ0) is 19.0. The maximum absolute atomic E-state index is 13.0. The molecule has 0 N–H and O–H groups in total. The molecular formula is C20H23N3O3S. The second-order valence-corrected chi connectivity index (χ2v) is 8.42. The molecular weight excluding hydrogens is 362 g/mol. The highest BCUT2D eigenvalue weighted by Crippen LogP contribution is 2.33. The van der Waals surface area contributed by atoms with Gasteiger partial charge in [0.05, 0.1) is 10.5 Å². The summed E-state index contributed by atoms with van der Waals surface area (Å²) in [6, 6.07) is 6.63. The van der Waals surface area contributed by atoms with Gasteiger partial charge in [-0.25, -0.2) is 0 Å². The Bertz CT molecular complexity index is 854. The van der Waals surface area contributed by atoms with Crippen LogP contribution in [0.1, 0.15) is 34.1 Å². The molecule has 1 aliphatic heterocycles. The number of carbonyl (C=O) groups is 1. The average molecular weight is 385 g/mol. The van der Waals surface area contributed by atoms with Gasteiger partial charge >= 0.3 is 0 Å². The van der Waals surface area contributed by atoms with Gasteiger partial charge in [-0.1, -0.05) is 6.92 Å². The Morgan fingerprint density at radius 3 is 2.56 bits per heavy atom. The number of thiophene rings is 1. The normalized spacial score (nSPS) is 19.7. The minimum Gasteiger partial charge on any atom is -0.368 e. The summed E-state index contributed by atoms with van der Waals surface area (Å²) in [5.41, 5.74) is 3.25. The molecule has 6 nitrogen and oxygen atoms in total. The van der Waals surface area contributed by atoms with Crippen molar-refractivity contribution in [3.05, 3.63) is 55.8 Å². The largest absolute Gasteiger partial charge is 0.368 e. The number of nitrogens with zero attached hydrogens (tertiary/aromatic N) is 3. The molecule has 1 saturated heterocycles. The van der Waals surface area contributed by atoms with Crippen molar-refractivity contribution in [1.82, 2.24) is 4.90 Å². The smallest absolute Gasteiger partial charge is 0.269 e. The van der Waals surface area contributed by atoms with Gasteiger partial charge in [-0.15, -0.1) is 11.3 Å². The van der Waals surface area contributed by atoms with Crippen molar-refractivity contribution < 1.29 is 9.72 Å². The van der Waals surface area contributed by atoms with Crippen molar-refractivity contribution >= 4 is 28.6 Å². The van der Waals surface area contributed by atoms with Crippen molar-refractivity contribution in [2.45, 2.75) is 26.2 Å². The third-order valence-corrected chi connectivity index (χ3v) is 6.68. The zero-order valence-electron chi connectivity index (χ0n) is 15.4. The van der Waals surface area contributed by atoms with Gasteiger partial charge in [0.15, 0.2) is 0 Å². The second kappa shape index (κ2) is 7.31. The molecule has 2 aromatic rings. The monoisotopic (exact) mass is 385 g/mol. The van der Waals surface area contributed by atoms with Crippen molar-refractivity contribution in [3.8, 4) is 0 Å². The van der Waals surface area contributed by atoms with E-state index < -0.39 is 0 Å². The lowest BCUT2D eigenvalue weighted by atomic mass is 9.88. The maximum atomic E-state index is 13.0. The zero-order valence-corrected chi connectivity index (χ0v) is 16.2. The van der Waals surface area contributed by atoms with E-state index in [1.807, 2.05) is 10.3 Å². The third kappa shape index (κ3) is 3.56. The quantitative estimate of drug-likeness (QED) is 0.596. The molecule has 142 valence electrons. The van der Waals surface area contributed by atoms with Crippen LogP contribution in [0.15, 0.2) is 29.6 Å². The number of carbonyl (C=O) groups excluding carboxylic acids is 1. The number of non-ortho nitro benzene ring substituents is 1. The van der Waals surface area contributed by atoms with Crippen LogP contribution in [-0.2, 0) is 12.8 Å². The van der Waals surface area contributed by atoms with Gasteiger partial charge in [0.1, 0.15) is 0 Å². The van der Waals surface area contributed by atoms with E-state index in [4.69, 9.17) is 0 Å². The van der Waals surface area contributed by atoms with Crippen LogP contribution in [0, 0.1) is 16.0 Å². The number of hydrogen-bond donors (Lipinski definition) is 0. The number of anilines is 1. The summed E-state index contributed by atoms with van der Waals surface area (Å²) in [4.78, 5) is 28.9. The molecule has 4 rings (SSSR count). The first-order chi connectivity index (χ1) is 13.0. The van der Waals surface area contributed by atoms with Crippen LogP contribution >= 0.6 is 11.3 Å². The molecule has 0 spiro atoms. The van der Waals surface area contributed by atoms with Crippen LogP contribution in [0.4, 0.5) is 11.4 Å². The third-order valence-electron chi connectivity index (χ3n) is 5.62. The van der Waals surface area contributed by atoms with Crippen molar-refractivity contribution in [2.24, 2.45) is 5.92 Å². The number of hydrogen-bond acceptors (Lipinski definition) is 5. The number of benzene rings is 1.